The van der Waals surface area contributed by atoms with E-state index in [1.54, 1.807) is 11.1 Å². The zero-order valence-corrected chi connectivity index (χ0v) is 16.8. The van der Waals surface area contributed by atoms with Crippen LogP contribution in [0.2, 0.25) is 7.35 Å². The van der Waals surface area contributed by atoms with Crippen molar-refractivity contribution < 1.29 is 21.0 Å². The summed E-state index contributed by atoms with van der Waals surface area (Å²) in [6.07, 6.45) is 21.5. The van der Waals surface area contributed by atoms with Gasteiger partial charge in [-0.05, 0) is 0 Å². The molecule has 0 aromatic rings. The molecule has 0 nitrogen and oxygen atoms in total. The zero-order valence-electron chi connectivity index (χ0n) is 13.2. The Morgan fingerprint density at radius 1 is 0.810 bits per heavy atom. The molecule has 0 amide bonds. The third-order valence-corrected chi connectivity index (χ3v) is 17.3. The van der Waals surface area contributed by atoms with Crippen molar-refractivity contribution in [1.29, 1.82) is 0 Å². The van der Waals surface area contributed by atoms with E-state index in [0.29, 0.717) is 0 Å². The second-order valence-corrected chi connectivity index (χ2v) is 17.1. The second kappa shape index (κ2) is 6.07. The van der Waals surface area contributed by atoms with Crippen LogP contribution in [-0.4, -0.2) is 3.76 Å². The van der Waals surface area contributed by atoms with Crippen LogP contribution in [0, 0.1) is 0 Å². The number of hydrogen-bond acceptors (Lipinski definition) is 0. The van der Waals surface area contributed by atoms with E-state index in [0.717, 1.165) is 7.35 Å². The molecule has 0 N–H and O–H groups in total. The molecule has 0 aromatic carbocycles. The SMILES string of the molecule is C[CH]=[Hf]([CH]1C=CC2=C1CCCC2)[CH]1C=CC2=C1CCCC2. The maximum absolute atomic E-state index is 2.71. The average molecular weight is 445 g/mol. The van der Waals surface area contributed by atoms with E-state index in [4.69, 9.17) is 0 Å². The van der Waals surface area contributed by atoms with Crippen LogP contribution in [0.3, 0.4) is 0 Å². The molecule has 0 radical (unpaired) electrons. The Bertz CT molecular complexity index is 547. The molecule has 0 saturated carbocycles. The van der Waals surface area contributed by atoms with Crippen molar-refractivity contribution in [3.05, 3.63) is 46.6 Å². The molecule has 4 rings (SSSR count). The van der Waals surface area contributed by atoms with Gasteiger partial charge in [0.2, 0.25) is 0 Å². The van der Waals surface area contributed by atoms with Gasteiger partial charge in [0.1, 0.15) is 0 Å². The number of rotatable bonds is 2. The average Bonchev–Trinajstić information content (AvgIpc) is 3.14. The molecule has 0 heterocycles. The third-order valence-electron chi connectivity index (χ3n) is 5.89. The Morgan fingerprint density at radius 2 is 1.29 bits per heavy atom. The molecule has 0 spiro atoms. The number of hydrogen-bond donors (Lipinski definition) is 0. The predicted molar refractivity (Wildman–Crippen MR) is 88.5 cm³/mol. The molecule has 110 valence electrons. The summed E-state index contributed by atoms with van der Waals surface area (Å²) in [4.78, 5) is 0. The standard InChI is InChI=1S/2C9H11.C2H4.Hf/c2*1-2-5-9-7-3-6-8(9)4-1;1-2;/h2*3,6-7H,1-2,4-5H2;1H,2H3;. The van der Waals surface area contributed by atoms with Gasteiger partial charge in [-0.3, -0.25) is 0 Å². The van der Waals surface area contributed by atoms with Crippen LogP contribution in [0.4, 0.5) is 0 Å². The molecule has 21 heavy (non-hydrogen) atoms. The molecule has 0 bridgehead atoms. The molecule has 2 atom stereocenters. The number of allylic oxidation sites excluding steroid dienone is 8. The van der Waals surface area contributed by atoms with E-state index in [-0.39, 0.29) is 0 Å². The first kappa shape index (κ1) is 14.3. The Morgan fingerprint density at radius 3 is 1.76 bits per heavy atom. The fraction of sp³-hybridized carbons (Fsp3) is 0.550. The molecule has 4 aliphatic rings. The molecule has 1 heteroatoms. The van der Waals surface area contributed by atoms with E-state index in [1.807, 2.05) is 11.1 Å². The van der Waals surface area contributed by atoms with Gasteiger partial charge in [0.15, 0.2) is 0 Å². The zero-order chi connectivity index (χ0) is 14.2. The van der Waals surface area contributed by atoms with Crippen molar-refractivity contribution in [3.8, 4) is 0 Å². The van der Waals surface area contributed by atoms with Gasteiger partial charge in [-0.15, -0.1) is 0 Å². The molecular weight excluding hydrogens is 419 g/mol. The summed E-state index contributed by atoms with van der Waals surface area (Å²) in [5.41, 5.74) is 7.21. The molecular formula is C20H26Hf. The second-order valence-electron chi connectivity index (χ2n) is 6.98. The van der Waals surface area contributed by atoms with Gasteiger partial charge in [0.05, 0.1) is 0 Å². The van der Waals surface area contributed by atoms with Gasteiger partial charge in [-0.25, -0.2) is 0 Å². The van der Waals surface area contributed by atoms with Crippen molar-refractivity contribution in [2.75, 3.05) is 0 Å². The fourth-order valence-corrected chi connectivity index (χ4v) is 16.3. The minimum absolute atomic E-state index is 0.902. The molecule has 0 saturated heterocycles. The predicted octanol–water partition coefficient (Wildman–Crippen LogP) is 5.88. The minimum atomic E-state index is -1.78. The summed E-state index contributed by atoms with van der Waals surface area (Å²) in [7, 11) is 0. The van der Waals surface area contributed by atoms with Gasteiger partial charge in [-0.2, -0.15) is 0 Å². The molecule has 2 unspecified atom stereocenters. The molecule has 0 aliphatic heterocycles. The van der Waals surface area contributed by atoms with E-state index >= 15 is 0 Å². The molecule has 0 aromatic heterocycles. The van der Waals surface area contributed by atoms with Crippen LogP contribution in [0.25, 0.3) is 0 Å². The summed E-state index contributed by atoms with van der Waals surface area (Å²) >= 11 is -1.78. The Hall–Kier alpha value is -0.300. The monoisotopic (exact) mass is 446 g/mol. The molecule has 4 aliphatic carbocycles. The maximum atomic E-state index is 2.71. The van der Waals surface area contributed by atoms with Crippen LogP contribution < -0.4 is 0 Å². The summed E-state index contributed by atoms with van der Waals surface area (Å²) in [5.74, 6) is 0. The molecule has 0 fully saturated rings. The van der Waals surface area contributed by atoms with Crippen molar-refractivity contribution >= 4 is 3.76 Å². The van der Waals surface area contributed by atoms with Crippen molar-refractivity contribution in [1.82, 2.24) is 0 Å². The van der Waals surface area contributed by atoms with Crippen molar-refractivity contribution in [2.45, 2.75) is 65.6 Å². The van der Waals surface area contributed by atoms with E-state index in [1.165, 1.54) is 51.4 Å². The first-order valence-electron chi connectivity index (χ1n) is 8.85. The Kier molecular flexibility index (Phi) is 4.13. The van der Waals surface area contributed by atoms with Gasteiger partial charge < -0.3 is 0 Å². The van der Waals surface area contributed by atoms with Crippen LogP contribution in [0.15, 0.2) is 46.6 Å². The van der Waals surface area contributed by atoms with Crippen molar-refractivity contribution in [2.24, 2.45) is 0 Å². The van der Waals surface area contributed by atoms with Gasteiger partial charge in [0, 0.05) is 0 Å². The van der Waals surface area contributed by atoms with Crippen LogP contribution in [0.1, 0.15) is 58.3 Å². The van der Waals surface area contributed by atoms with E-state index in [2.05, 4.69) is 35.0 Å². The van der Waals surface area contributed by atoms with Crippen LogP contribution >= 0.6 is 0 Å². The normalized spacial score (nSPS) is 30.7. The van der Waals surface area contributed by atoms with Crippen LogP contribution in [-0.2, 0) is 21.0 Å². The summed E-state index contributed by atoms with van der Waals surface area (Å²) < 4.78 is 4.52. The fourth-order valence-electron chi connectivity index (χ4n) is 4.83. The van der Waals surface area contributed by atoms with Gasteiger partial charge >= 0.3 is 137 Å². The summed E-state index contributed by atoms with van der Waals surface area (Å²) in [5, 5.41) is 0. The summed E-state index contributed by atoms with van der Waals surface area (Å²) in [6.45, 7) is 2.38. The topological polar surface area (TPSA) is 0 Å². The summed E-state index contributed by atoms with van der Waals surface area (Å²) in [6, 6.07) is 0. The Balaban J connectivity index is 1.65. The first-order valence-corrected chi connectivity index (χ1v) is 15.1. The van der Waals surface area contributed by atoms with Gasteiger partial charge in [0.25, 0.3) is 0 Å². The third kappa shape index (κ3) is 2.50. The Labute approximate surface area is 136 Å². The quantitative estimate of drug-likeness (QED) is 0.466. The van der Waals surface area contributed by atoms with Gasteiger partial charge in [-0.1, -0.05) is 0 Å². The van der Waals surface area contributed by atoms with E-state index < -0.39 is 21.0 Å². The first-order chi connectivity index (χ1) is 10.4. The van der Waals surface area contributed by atoms with E-state index in [9.17, 15) is 0 Å². The van der Waals surface area contributed by atoms with Crippen LogP contribution in [0.5, 0.6) is 0 Å². The van der Waals surface area contributed by atoms with Crippen molar-refractivity contribution in [3.63, 3.8) is 0 Å².